The van der Waals surface area contributed by atoms with Crippen molar-refractivity contribution in [2.75, 3.05) is 13.2 Å². The first-order chi connectivity index (χ1) is 16.3. The molecule has 0 fully saturated rings. The Morgan fingerprint density at radius 3 is 2.47 bits per heavy atom. The van der Waals surface area contributed by atoms with E-state index >= 15 is 0 Å². The van der Waals surface area contributed by atoms with Crippen molar-refractivity contribution in [3.63, 3.8) is 0 Å². The third-order valence-corrected chi connectivity index (χ3v) is 5.81. The van der Waals surface area contributed by atoms with Gasteiger partial charge in [-0.1, -0.05) is 41.4 Å². The van der Waals surface area contributed by atoms with E-state index in [-0.39, 0.29) is 5.69 Å². The van der Waals surface area contributed by atoms with Gasteiger partial charge >= 0.3 is 5.69 Å². The van der Waals surface area contributed by atoms with Crippen molar-refractivity contribution in [2.45, 2.75) is 12.1 Å². The van der Waals surface area contributed by atoms with Crippen molar-refractivity contribution in [3.05, 3.63) is 79.8 Å². The van der Waals surface area contributed by atoms with E-state index in [9.17, 15) is 24.9 Å². The number of carbonyl (C=O) groups is 1. The lowest BCUT2D eigenvalue weighted by molar-refractivity contribution is -0.124. The third-order valence-electron chi connectivity index (χ3n) is 5.32. The molecule has 176 valence electrons. The van der Waals surface area contributed by atoms with Gasteiger partial charge in [0.15, 0.2) is 0 Å². The second kappa shape index (κ2) is 9.86. The van der Waals surface area contributed by atoms with Gasteiger partial charge in [-0.3, -0.25) is 9.79 Å². The number of aromatic nitrogens is 2. The number of amides is 1. The van der Waals surface area contributed by atoms with E-state index in [0.29, 0.717) is 26.9 Å². The van der Waals surface area contributed by atoms with Crippen LogP contribution < -0.4 is 11.0 Å². The summed E-state index contributed by atoms with van der Waals surface area (Å²) in [6.45, 7) is -1.02. The number of hydrogen-bond donors (Lipinski definition) is 5. The molecule has 1 aromatic heterocycles. The predicted molar refractivity (Wildman–Crippen MR) is 130 cm³/mol. The van der Waals surface area contributed by atoms with Gasteiger partial charge in [-0.15, -0.1) is 0 Å². The number of aromatic amines is 1. The van der Waals surface area contributed by atoms with E-state index in [1.807, 2.05) is 0 Å². The monoisotopic (exact) mass is 502 g/mol. The summed E-state index contributed by atoms with van der Waals surface area (Å²) < 4.78 is 0.894. The molecule has 1 aliphatic heterocycles. The maximum atomic E-state index is 13.1. The van der Waals surface area contributed by atoms with Crippen LogP contribution in [0.2, 0.25) is 10.0 Å². The maximum absolute atomic E-state index is 13.1. The highest BCUT2D eigenvalue weighted by molar-refractivity contribution is 6.31. The number of halogens is 2. The number of aliphatic imine (C=N–C) groups is 1. The van der Waals surface area contributed by atoms with Crippen LogP contribution in [0.25, 0.3) is 11.6 Å². The smallest absolute Gasteiger partial charge is 0.329 e. The van der Waals surface area contributed by atoms with E-state index in [4.69, 9.17) is 23.2 Å². The lowest BCUT2D eigenvalue weighted by atomic mass is 10.0. The van der Waals surface area contributed by atoms with Crippen LogP contribution in [0.4, 0.5) is 5.69 Å². The van der Waals surface area contributed by atoms with Gasteiger partial charge < -0.3 is 25.6 Å². The van der Waals surface area contributed by atoms with Crippen LogP contribution in [0.5, 0.6) is 5.88 Å². The molecule has 1 amide bonds. The number of carbonyl (C=O) groups excluding carboxylic acids is 1. The molecular weight excluding hydrogens is 483 g/mol. The summed E-state index contributed by atoms with van der Waals surface area (Å²) in [6.07, 6.45) is 3.12. The zero-order chi connectivity index (χ0) is 24.4. The lowest BCUT2D eigenvalue weighted by Crippen LogP contribution is -2.45. The van der Waals surface area contributed by atoms with E-state index in [2.05, 4.69) is 15.3 Å². The molecule has 1 aliphatic rings. The number of benzene rings is 2. The van der Waals surface area contributed by atoms with Crippen LogP contribution in [0.1, 0.15) is 22.9 Å². The van der Waals surface area contributed by atoms with Crippen LogP contribution in [0, 0.1) is 0 Å². The Hall–Kier alpha value is -3.37. The van der Waals surface area contributed by atoms with Crippen LogP contribution in [0.15, 0.2) is 52.3 Å². The molecule has 9 nitrogen and oxygen atoms in total. The minimum Gasteiger partial charge on any atom is -0.493 e. The summed E-state index contributed by atoms with van der Waals surface area (Å²) >= 11 is 12.0. The van der Waals surface area contributed by atoms with E-state index < -0.39 is 42.8 Å². The number of aromatic hydroxyl groups is 1. The number of fused-ring (bicyclic) bond motifs is 1. The average molecular weight is 503 g/mol. The Kier molecular flexibility index (Phi) is 6.90. The molecule has 0 aliphatic carbocycles. The van der Waals surface area contributed by atoms with Gasteiger partial charge in [-0.05, 0) is 35.9 Å². The quantitative estimate of drug-likeness (QED) is 0.337. The zero-order valence-corrected chi connectivity index (χ0v) is 19.1. The Balaban J connectivity index is 1.78. The Morgan fingerprint density at radius 2 is 1.79 bits per heavy atom. The number of aliphatic hydroxyl groups excluding tert-OH is 2. The molecule has 0 bridgehead atoms. The Morgan fingerprint density at radius 1 is 1.12 bits per heavy atom. The largest absolute Gasteiger partial charge is 0.493 e. The molecular formula is C23H20Cl2N4O5. The molecule has 1 unspecified atom stereocenters. The second-order valence-corrected chi connectivity index (χ2v) is 8.45. The van der Waals surface area contributed by atoms with Crippen molar-refractivity contribution in [1.82, 2.24) is 14.9 Å². The molecule has 2 heterocycles. The summed E-state index contributed by atoms with van der Waals surface area (Å²) in [5.41, 5.74) is 1.73. The highest BCUT2D eigenvalue weighted by atomic mass is 35.5. The minimum atomic E-state index is -1.31. The van der Waals surface area contributed by atoms with Gasteiger partial charge in [0.05, 0.1) is 24.9 Å². The standard InChI is InChI=1S/C23H20Cl2N4O5/c24-14-3-1-12(2-4-14)20(21(32)27-16(10-30)11-31)29-22(33)19(28-23(29)34)7-13-9-26-18-8-15(25)5-6-17(13)18/h1-9,16,20,30-31,33H,10-11H2,(H,27,32)(H,28,34)/b13-7+. The van der Waals surface area contributed by atoms with Gasteiger partial charge in [-0.25, -0.2) is 9.36 Å². The van der Waals surface area contributed by atoms with Gasteiger partial charge in [0.2, 0.25) is 11.8 Å². The number of allylic oxidation sites excluding steroid dienone is 1. The molecule has 1 atom stereocenters. The molecule has 2 aromatic carbocycles. The van der Waals surface area contributed by atoms with Crippen LogP contribution in [0.3, 0.4) is 0 Å². The number of nitrogens with one attached hydrogen (secondary N) is 2. The lowest BCUT2D eigenvalue weighted by Gasteiger charge is -2.21. The van der Waals surface area contributed by atoms with E-state index in [1.165, 1.54) is 6.08 Å². The van der Waals surface area contributed by atoms with Crippen molar-refractivity contribution in [3.8, 4) is 5.88 Å². The van der Waals surface area contributed by atoms with Gasteiger partial charge in [-0.2, -0.15) is 0 Å². The fraction of sp³-hybridized carbons (Fsp3) is 0.174. The minimum absolute atomic E-state index is 0.0712. The first-order valence-corrected chi connectivity index (χ1v) is 10.9. The normalized spacial score (nSPS) is 14.6. The number of hydrogen-bond acceptors (Lipinski definition) is 6. The van der Waals surface area contributed by atoms with Crippen LogP contribution in [-0.2, 0) is 4.79 Å². The summed E-state index contributed by atoms with van der Waals surface area (Å²) in [7, 11) is 0. The number of H-pyrrole nitrogens is 1. The van der Waals surface area contributed by atoms with Gasteiger partial charge in [0.1, 0.15) is 11.7 Å². The fourth-order valence-corrected chi connectivity index (χ4v) is 3.92. The van der Waals surface area contributed by atoms with Crippen molar-refractivity contribution in [2.24, 2.45) is 4.99 Å². The average Bonchev–Trinajstić information content (AvgIpc) is 3.33. The molecule has 34 heavy (non-hydrogen) atoms. The summed E-state index contributed by atoms with van der Waals surface area (Å²) in [5, 5.41) is 33.1. The topological polar surface area (TPSA) is 140 Å². The molecule has 0 radical (unpaired) electrons. The van der Waals surface area contributed by atoms with Crippen molar-refractivity contribution >= 4 is 52.7 Å². The van der Waals surface area contributed by atoms with Crippen molar-refractivity contribution < 1.29 is 20.1 Å². The van der Waals surface area contributed by atoms with Crippen molar-refractivity contribution in [1.29, 1.82) is 0 Å². The van der Waals surface area contributed by atoms with Crippen LogP contribution in [-0.4, -0.2) is 56.2 Å². The number of rotatable bonds is 7. The molecule has 11 heteroatoms. The van der Waals surface area contributed by atoms with Gasteiger partial charge in [0.25, 0.3) is 0 Å². The number of aliphatic hydroxyl groups is 2. The third kappa shape index (κ3) is 4.64. The SMILES string of the molecule is O=C(NC(CO)CO)C(c1ccc(Cl)cc1)n1c(O)c(/C=C2\C=Nc3cc(Cl)ccc32)[nH]c1=O. The Bertz CT molecular complexity index is 1340. The molecule has 5 N–H and O–H groups in total. The Labute approximate surface area is 203 Å². The fourth-order valence-electron chi connectivity index (χ4n) is 3.62. The molecule has 3 aromatic rings. The summed E-state index contributed by atoms with van der Waals surface area (Å²) in [6, 6.07) is 9.09. The molecule has 0 saturated heterocycles. The molecule has 0 spiro atoms. The molecule has 0 saturated carbocycles. The summed E-state index contributed by atoms with van der Waals surface area (Å²) in [5.74, 6) is -1.19. The molecule has 4 rings (SSSR count). The number of imidazole rings is 1. The van der Waals surface area contributed by atoms with E-state index in [0.717, 1.165) is 10.1 Å². The second-order valence-electron chi connectivity index (χ2n) is 7.58. The van der Waals surface area contributed by atoms with E-state index in [1.54, 1.807) is 48.7 Å². The van der Waals surface area contributed by atoms with Crippen LogP contribution >= 0.6 is 23.2 Å². The first kappa shape index (κ1) is 23.8. The summed E-state index contributed by atoms with van der Waals surface area (Å²) in [4.78, 5) is 32.9. The zero-order valence-electron chi connectivity index (χ0n) is 17.6. The van der Waals surface area contributed by atoms with Gasteiger partial charge in [0, 0.05) is 27.4 Å². The first-order valence-electron chi connectivity index (χ1n) is 10.2. The number of nitrogens with zero attached hydrogens (tertiary/aromatic N) is 2. The predicted octanol–water partition coefficient (Wildman–Crippen LogP) is 2.50. The highest BCUT2D eigenvalue weighted by Crippen LogP contribution is 2.35. The maximum Gasteiger partial charge on any atom is 0.329 e. The highest BCUT2D eigenvalue weighted by Gasteiger charge is 2.30.